The number of nitrogens with one attached hydrogen (secondary N) is 1. The van der Waals surface area contributed by atoms with Crippen molar-refractivity contribution in [3.8, 4) is 0 Å². The molecule has 0 spiro atoms. The molecule has 0 aromatic heterocycles. The van der Waals surface area contributed by atoms with Crippen LogP contribution in [-0.4, -0.2) is 20.9 Å². The molecule has 0 saturated heterocycles. The van der Waals surface area contributed by atoms with E-state index in [9.17, 15) is 22.0 Å². The minimum absolute atomic E-state index is 0.0495. The van der Waals surface area contributed by atoms with Crippen LogP contribution in [0.15, 0.2) is 71.6 Å². The molecule has 0 atom stereocenters. The first-order chi connectivity index (χ1) is 14.2. The standard InChI is InChI=1S/C21H17ClF2N2O3S/c1-14-10-11-15(12-17(14)22)26(30(28,29)16-6-3-2-4-7-16)13-20(27)25-21-18(23)8-5-9-19(21)24/h2-12H,13H2,1H3,(H,25,27). The summed E-state index contributed by atoms with van der Waals surface area (Å²) in [5, 5.41) is 2.41. The molecule has 0 aliphatic carbocycles. The van der Waals surface area contributed by atoms with Gasteiger partial charge in [0.1, 0.15) is 23.9 Å². The summed E-state index contributed by atoms with van der Waals surface area (Å²) < 4.78 is 55.0. The minimum atomic E-state index is -4.16. The van der Waals surface area contributed by atoms with Crippen LogP contribution in [0.2, 0.25) is 5.02 Å². The molecule has 0 saturated carbocycles. The number of hydrogen-bond acceptors (Lipinski definition) is 3. The Kier molecular flexibility index (Phi) is 6.38. The SMILES string of the molecule is Cc1ccc(N(CC(=O)Nc2c(F)cccc2F)S(=O)(=O)c2ccccc2)cc1Cl. The van der Waals surface area contributed by atoms with E-state index < -0.39 is 39.8 Å². The van der Waals surface area contributed by atoms with Gasteiger partial charge in [-0.2, -0.15) is 0 Å². The number of nitrogens with zero attached hydrogens (tertiary/aromatic N) is 1. The fourth-order valence-electron chi connectivity index (χ4n) is 2.70. The van der Waals surface area contributed by atoms with E-state index in [4.69, 9.17) is 11.6 Å². The van der Waals surface area contributed by atoms with Crippen LogP contribution in [-0.2, 0) is 14.8 Å². The van der Waals surface area contributed by atoms with E-state index in [1.54, 1.807) is 31.2 Å². The van der Waals surface area contributed by atoms with Crippen LogP contribution in [0.5, 0.6) is 0 Å². The van der Waals surface area contributed by atoms with Crippen molar-refractivity contribution in [3.63, 3.8) is 0 Å². The predicted octanol–water partition coefficient (Wildman–Crippen LogP) is 4.76. The first kappa shape index (κ1) is 21.7. The number of sulfonamides is 1. The summed E-state index contributed by atoms with van der Waals surface area (Å²) >= 11 is 6.14. The van der Waals surface area contributed by atoms with E-state index in [1.165, 1.54) is 24.3 Å². The smallest absolute Gasteiger partial charge is 0.264 e. The van der Waals surface area contributed by atoms with Gasteiger partial charge in [-0.3, -0.25) is 9.10 Å². The molecule has 156 valence electrons. The van der Waals surface area contributed by atoms with Gasteiger partial charge in [0.15, 0.2) is 0 Å². The Hall–Kier alpha value is -2.97. The maximum absolute atomic E-state index is 13.9. The number of para-hydroxylation sites is 1. The molecular weight excluding hydrogens is 434 g/mol. The molecule has 3 aromatic carbocycles. The second kappa shape index (κ2) is 8.81. The average Bonchev–Trinajstić information content (AvgIpc) is 2.72. The van der Waals surface area contributed by atoms with Gasteiger partial charge in [0.05, 0.1) is 10.6 Å². The fraction of sp³-hybridized carbons (Fsp3) is 0.0952. The summed E-state index contributed by atoms with van der Waals surface area (Å²) in [6.45, 7) is 1.03. The van der Waals surface area contributed by atoms with Crippen LogP contribution < -0.4 is 9.62 Å². The largest absolute Gasteiger partial charge is 0.320 e. The lowest BCUT2D eigenvalue weighted by atomic mass is 10.2. The van der Waals surface area contributed by atoms with Gasteiger partial charge in [-0.05, 0) is 48.9 Å². The third-order valence-corrected chi connectivity index (χ3v) is 6.48. The van der Waals surface area contributed by atoms with Crippen LogP contribution in [0.3, 0.4) is 0 Å². The Morgan fingerprint density at radius 2 is 1.63 bits per heavy atom. The Balaban J connectivity index is 1.99. The van der Waals surface area contributed by atoms with Crippen molar-refractivity contribution in [2.75, 3.05) is 16.2 Å². The predicted molar refractivity (Wildman–Crippen MR) is 112 cm³/mol. The van der Waals surface area contributed by atoms with Gasteiger partial charge in [0.2, 0.25) is 5.91 Å². The lowest BCUT2D eigenvalue weighted by Crippen LogP contribution is -2.38. The van der Waals surface area contributed by atoms with Crippen molar-refractivity contribution in [2.24, 2.45) is 0 Å². The lowest BCUT2D eigenvalue weighted by Gasteiger charge is -2.24. The molecule has 0 unspecified atom stereocenters. The summed E-state index contributed by atoms with van der Waals surface area (Å²) in [6, 6.07) is 15.1. The lowest BCUT2D eigenvalue weighted by molar-refractivity contribution is -0.114. The van der Waals surface area contributed by atoms with Gasteiger partial charge in [-0.15, -0.1) is 0 Å². The number of carbonyl (C=O) groups is 1. The molecule has 9 heteroatoms. The highest BCUT2D eigenvalue weighted by Crippen LogP contribution is 2.28. The van der Waals surface area contributed by atoms with Gasteiger partial charge in [0, 0.05) is 5.02 Å². The highest BCUT2D eigenvalue weighted by atomic mass is 35.5. The maximum Gasteiger partial charge on any atom is 0.264 e. The number of anilines is 2. The van der Waals surface area contributed by atoms with E-state index in [0.29, 0.717) is 5.02 Å². The zero-order valence-corrected chi connectivity index (χ0v) is 17.3. The van der Waals surface area contributed by atoms with Crippen LogP contribution in [0.4, 0.5) is 20.2 Å². The number of aryl methyl sites for hydroxylation is 1. The van der Waals surface area contributed by atoms with Gasteiger partial charge in [0.25, 0.3) is 10.0 Å². The Labute approximate surface area is 178 Å². The third kappa shape index (κ3) is 4.60. The number of amides is 1. The molecule has 0 fully saturated rings. The van der Waals surface area contributed by atoms with Crippen LogP contribution in [0.1, 0.15) is 5.56 Å². The van der Waals surface area contributed by atoms with Crippen molar-refractivity contribution in [2.45, 2.75) is 11.8 Å². The fourth-order valence-corrected chi connectivity index (χ4v) is 4.31. The minimum Gasteiger partial charge on any atom is -0.320 e. The van der Waals surface area contributed by atoms with Crippen LogP contribution in [0.25, 0.3) is 0 Å². The Bertz CT molecular complexity index is 1170. The normalized spacial score (nSPS) is 11.2. The Morgan fingerprint density at radius 3 is 2.23 bits per heavy atom. The molecular formula is C21H17ClF2N2O3S. The molecule has 3 aromatic rings. The van der Waals surface area contributed by atoms with Crippen LogP contribution in [0, 0.1) is 18.6 Å². The second-order valence-corrected chi connectivity index (χ2v) is 8.67. The summed E-state index contributed by atoms with van der Waals surface area (Å²) in [7, 11) is -4.16. The number of rotatable bonds is 6. The second-order valence-electron chi connectivity index (χ2n) is 6.40. The van der Waals surface area contributed by atoms with E-state index in [-0.39, 0.29) is 10.6 Å². The molecule has 30 heavy (non-hydrogen) atoms. The molecule has 1 amide bonds. The van der Waals surface area contributed by atoms with E-state index in [2.05, 4.69) is 5.32 Å². The highest BCUT2D eigenvalue weighted by molar-refractivity contribution is 7.92. The number of benzene rings is 3. The third-order valence-electron chi connectivity index (χ3n) is 4.29. The summed E-state index contributed by atoms with van der Waals surface area (Å²) in [5.41, 5.74) is 0.204. The van der Waals surface area contributed by atoms with Gasteiger partial charge in [-0.25, -0.2) is 17.2 Å². The van der Waals surface area contributed by atoms with Gasteiger partial charge in [-0.1, -0.05) is 41.9 Å². The molecule has 5 nitrogen and oxygen atoms in total. The van der Waals surface area contributed by atoms with Crippen LogP contribution >= 0.6 is 11.6 Å². The summed E-state index contributed by atoms with van der Waals surface area (Å²) in [5.74, 6) is -2.87. The zero-order valence-electron chi connectivity index (χ0n) is 15.8. The average molecular weight is 451 g/mol. The molecule has 0 heterocycles. The van der Waals surface area contributed by atoms with Crippen molar-refractivity contribution >= 4 is 38.9 Å². The van der Waals surface area contributed by atoms with Crippen molar-refractivity contribution < 1.29 is 22.0 Å². The monoisotopic (exact) mass is 450 g/mol. The molecule has 0 radical (unpaired) electrons. The molecule has 3 rings (SSSR count). The Morgan fingerprint density at radius 1 is 1.00 bits per heavy atom. The first-order valence-corrected chi connectivity index (χ1v) is 10.6. The topological polar surface area (TPSA) is 66.5 Å². The van der Waals surface area contributed by atoms with E-state index in [0.717, 1.165) is 28.1 Å². The van der Waals surface area contributed by atoms with Crippen molar-refractivity contribution in [3.05, 3.63) is 89.0 Å². The molecule has 0 bridgehead atoms. The highest BCUT2D eigenvalue weighted by Gasteiger charge is 2.28. The zero-order chi connectivity index (χ0) is 21.9. The van der Waals surface area contributed by atoms with Crippen molar-refractivity contribution in [1.29, 1.82) is 0 Å². The molecule has 0 aliphatic rings. The maximum atomic E-state index is 13.9. The first-order valence-electron chi connectivity index (χ1n) is 8.78. The van der Waals surface area contributed by atoms with Gasteiger partial charge < -0.3 is 5.32 Å². The molecule has 0 aliphatic heterocycles. The van der Waals surface area contributed by atoms with Crippen molar-refractivity contribution in [1.82, 2.24) is 0 Å². The summed E-state index contributed by atoms with van der Waals surface area (Å²) in [4.78, 5) is 12.5. The molecule has 1 N–H and O–H groups in total. The number of carbonyl (C=O) groups excluding carboxylic acids is 1. The number of halogens is 3. The quantitative estimate of drug-likeness (QED) is 0.588. The van der Waals surface area contributed by atoms with E-state index >= 15 is 0 Å². The van der Waals surface area contributed by atoms with E-state index in [1.807, 2.05) is 0 Å². The van der Waals surface area contributed by atoms with Gasteiger partial charge >= 0.3 is 0 Å². The number of hydrogen-bond donors (Lipinski definition) is 1. The summed E-state index contributed by atoms with van der Waals surface area (Å²) in [6.07, 6.45) is 0.